The van der Waals surface area contributed by atoms with E-state index < -0.39 is 0 Å². The first-order valence-corrected chi connectivity index (χ1v) is 7.49. The number of fused-ring (bicyclic) bond motifs is 5. The molecule has 3 heterocycles. The normalized spacial score (nSPS) is 11.5. The van der Waals surface area contributed by atoms with Gasteiger partial charge < -0.3 is 0 Å². The number of rotatable bonds is 1. The number of aromatic nitrogens is 4. The van der Waals surface area contributed by atoms with Crippen LogP contribution in [0.2, 0.25) is 0 Å². The van der Waals surface area contributed by atoms with Gasteiger partial charge in [-0.05, 0) is 18.2 Å². The van der Waals surface area contributed by atoms with Crippen LogP contribution in [0.1, 0.15) is 0 Å². The number of benzene rings is 2. The lowest BCUT2D eigenvalue weighted by molar-refractivity contribution is 1.01. The lowest BCUT2D eigenvalue weighted by atomic mass is 10.1. The zero-order chi connectivity index (χ0) is 15.2. The third kappa shape index (κ3) is 1.82. The third-order valence-corrected chi connectivity index (χ3v) is 4.07. The number of nitrogens with zero attached hydrogens (tertiary/aromatic N) is 4. The molecule has 23 heavy (non-hydrogen) atoms. The van der Waals surface area contributed by atoms with Crippen molar-refractivity contribution in [1.29, 1.82) is 0 Å². The molecule has 0 saturated heterocycles. The molecular formula is C19H12N4. The molecule has 3 aromatic heterocycles. The zero-order valence-corrected chi connectivity index (χ0v) is 12.2. The van der Waals surface area contributed by atoms with Gasteiger partial charge in [0.15, 0.2) is 11.5 Å². The van der Waals surface area contributed by atoms with E-state index in [2.05, 4.69) is 34.2 Å². The van der Waals surface area contributed by atoms with Crippen LogP contribution in [0.3, 0.4) is 0 Å². The summed E-state index contributed by atoms with van der Waals surface area (Å²) in [7, 11) is 0. The van der Waals surface area contributed by atoms with Gasteiger partial charge in [0.05, 0.1) is 5.52 Å². The lowest BCUT2D eigenvalue weighted by Gasteiger charge is -2.04. The van der Waals surface area contributed by atoms with Gasteiger partial charge in [-0.15, -0.1) is 5.10 Å². The summed E-state index contributed by atoms with van der Waals surface area (Å²) in [6, 6.07) is 22.3. The molecule has 5 rings (SSSR count). The van der Waals surface area contributed by atoms with Crippen molar-refractivity contribution in [2.45, 2.75) is 0 Å². The fraction of sp³-hybridized carbons (Fsp3) is 0. The molecule has 0 amide bonds. The molecule has 0 aliphatic carbocycles. The van der Waals surface area contributed by atoms with Crippen LogP contribution in [0.5, 0.6) is 0 Å². The second-order valence-corrected chi connectivity index (χ2v) is 5.48. The maximum absolute atomic E-state index is 4.73. The summed E-state index contributed by atoms with van der Waals surface area (Å²) in [5, 5.41) is 6.93. The highest BCUT2D eigenvalue weighted by atomic mass is 15.3. The summed E-state index contributed by atoms with van der Waals surface area (Å²) in [6.45, 7) is 0. The SMILES string of the molecule is c1ccc(-c2nc3ccc4ccc5cccnc5c4n3n2)cc1. The van der Waals surface area contributed by atoms with Gasteiger partial charge in [0.1, 0.15) is 5.52 Å². The molecule has 0 fully saturated rings. The van der Waals surface area contributed by atoms with Crippen LogP contribution in [0, 0.1) is 0 Å². The molecule has 5 aromatic rings. The molecule has 0 aliphatic rings. The molecule has 2 aromatic carbocycles. The van der Waals surface area contributed by atoms with E-state index in [-0.39, 0.29) is 0 Å². The molecule has 4 nitrogen and oxygen atoms in total. The molecule has 0 saturated carbocycles. The predicted molar refractivity (Wildman–Crippen MR) is 91.2 cm³/mol. The Morgan fingerprint density at radius 1 is 0.739 bits per heavy atom. The molecule has 0 aliphatic heterocycles. The van der Waals surface area contributed by atoms with Crippen molar-refractivity contribution in [1.82, 2.24) is 19.6 Å². The van der Waals surface area contributed by atoms with Gasteiger partial charge in [-0.2, -0.15) is 0 Å². The summed E-state index contributed by atoms with van der Waals surface area (Å²) in [5.41, 5.74) is 3.78. The zero-order valence-electron chi connectivity index (χ0n) is 12.2. The fourth-order valence-electron chi connectivity index (χ4n) is 2.97. The van der Waals surface area contributed by atoms with E-state index in [4.69, 9.17) is 5.10 Å². The van der Waals surface area contributed by atoms with Crippen molar-refractivity contribution in [2.24, 2.45) is 0 Å². The maximum Gasteiger partial charge on any atom is 0.182 e. The smallest absolute Gasteiger partial charge is 0.182 e. The third-order valence-electron chi connectivity index (χ3n) is 4.07. The lowest BCUT2D eigenvalue weighted by Crippen LogP contribution is -1.93. The molecule has 108 valence electrons. The Kier molecular flexibility index (Phi) is 2.46. The molecule has 0 unspecified atom stereocenters. The van der Waals surface area contributed by atoms with Gasteiger partial charge in [0.2, 0.25) is 0 Å². The highest BCUT2D eigenvalue weighted by Gasteiger charge is 2.11. The van der Waals surface area contributed by atoms with E-state index in [0.717, 1.165) is 38.8 Å². The Labute approximate surface area is 132 Å². The topological polar surface area (TPSA) is 43.1 Å². The van der Waals surface area contributed by atoms with Gasteiger partial charge >= 0.3 is 0 Å². The van der Waals surface area contributed by atoms with Crippen LogP contribution in [-0.2, 0) is 0 Å². The molecular weight excluding hydrogens is 284 g/mol. The van der Waals surface area contributed by atoms with Crippen LogP contribution in [0.4, 0.5) is 0 Å². The van der Waals surface area contributed by atoms with E-state index >= 15 is 0 Å². The van der Waals surface area contributed by atoms with Crippen molar-refractivity contribution in [3.05, 3.63) is 72.9 Å². The molecule has 0 N–H and O–H groups in total. The van der Waals surface area contributed by atoms with E-state index in [1.807, 2.05) is 53.2 Å². The highest BCUT2D eigenvalue weighted by Crippen LogP contribution is 2.25. The second kappa shape index (κ2) is 4.61. The van der Waals surface area contributed by atoms with Gasteiger partial charge in [-0.25, -0.2) is 9.50 Å². The van der Waals surface area contributed by atoms with Crippen molar-refractivity contribution in [3.8, 4) is 11.4 Å². The quantitative estimate of drug-likeness (QED) is 0.437. The van der Waals surface area contributed by atoms with Crippen molar-refractivity contribution in [2.75, 3.05) is 0 Å². The predicted octanol–water partition coefficient (Wildman–Crippen LogP) is 4.10. The van der Waals surface area contributed by atoms with E-state index in [0.29, 0.717) is 0 Å². The first-order valence-electron chi connectivity index (χ1n) is 7.49. The summed E-state index contributed by atoms with van der Waals surface area (Å²) in [4.78, 5) is 9.22. The second-order valence-electron chi connectivity index (χ2n) is 5.48. The Morgan fingerprint density at radius 3 is 2.48 bits per heavy atom. The molecule has 4 heteroatoms. The van der Waals surface area contributed by atoms with E-state index in [1.54, 1.807) is 0 Å². The summed E-state index contributed by atoms with van der Waals surface area (Å²) in [5.74, 6) is 0.728. The average molecular weight is 296 g/mol. The van der Waals surface area contributed by atoms with Gasteiger partial charge in [0.25, 0.3) is 0 Å². The van der Waals surface area contributed by atoms with Crippen molar-refractivity contribution < 1.29 is 0 Å². The molecule has 0 radical (unpaired) electrons. The first kappa shape index (κ1) is 12.3. The minimum Gasteiger partial charge on any atom is -0.254 e. The van der Waals surface area contributed by atoms with Crippen LogP contribution in [0.15, 0.2) is 72.9 Å². The Balaban J connectivity index is 1.92. The standard InChI is InChI=1S/C19H12N4/c1-2-5-15(6-3-1)19-21-16-11-10-14-9-8-13-7-4-12-20-17(13)18(14)23(16)22-19/h1-12H. The molecule has 0 bridgehead atoms. The van der Waals surface area contributed by atoms with Crippen LogP contribution < -0.4 is 0 Å². The monoisotopic (exact) mass is 296 g/mol. The number of hydrogen-bond acceptors (Lipinski definition) is 3. The Bertz CT molecular complexity index is 1160. The number of hydrogen-bond donors (Lipinski definition) is 0. The van der Waals surface area contributed by atoms with Gasteiger partial charge in [0, 0.05) is 22.5 Å². The minimum absolute atomic E-state index is 0.728. The van der Waals surface area contributed by atoms with Gasteiger partial charge in [-0.1, -0.05) is 48.5 Å². The maximum atomic E-state index is 4.73. The average Bonchev–Trinajstić information content (AvgIpc) is 3.06. The van der Waals surface area contributed by atoms with E-state index in [1.165, 1.54) is 0 Å². The minimum atomic E-state index is 0.728. The van der Waals surface area contributed by atoms with Gasteiger partial charge in [-0.3, -0.25) is 4.98 Å². The highest BCUT2D eigenvalue weighted by molar-refractivity contribution is 6.03. The van der Waals surface area contributed by atoms with E-state index in [9.17, 15) is 0 Å². The Hall–Kier alpha value is -3.27. The molecule has 0 atom stereocenters. The Morgan fingerprint density at radius 2 is 1.57 bits per heavy atom. The largest absolute Gasteiger partial charge is 0.254 e. The molecule has 0 spiro atoms. The van der Waals surface area contributed by atoms with Crippen molar-refractivity contribution in [3.63, 3.8) is 0 Å². The van der Waals surface area contributed by atoms with Crippen LogP contribution in [-0.4, -0.2) is 19.6 Å². The van der Waals surface area contributed by atoms with Crippen molar-refractivity contribution >= 4 is 27.5 Å². The summed E-state index contributed by atoms with van der Waals surface area (Å²) < 4.78 is 1.90. The van der Waals surface area contributed by atoms with Crippen LogP contribution >= 0.6 is 0 Å². The summed E-state index contributed by atoms with van der Waals surface area (Å²) in [6.07, 6.45) is 1.82. The summed E-state index contributed by atoms with van der Waals surface area (Å²) >= 11 is 0. The van der Waals surface area contributed by atoms with Crippen LogP contribution in [0.25, 0.3) is 38.8 Å². The first-order chi connectivity index (χ1) is 11.4. The fourth-order valence-corrected chi connectivity index (χ4v) is 2.97. The number of pyridine rings is 2.